The Balaban J connectivity index is 2.18. The number of nitrogens with one attached hydrogen (secondary N) is 1. The lowest BCUT2D eigenvalue weighted by Gasteiger charge is -2.16. The first-order valence-corrected chi connectivity index (χ1v) is 7.73. The molecule has 0 aliphatic rings. The Labute approximate surface area is 128 Å². The second kappa shape index (κ2) is 9.77. The van der Waals surface area contributed by atoms with Gasteiger partial charge in [0.2, 0.25) is 0 Å². The Morgan fingerprint density at radius 2 is 1.90 bits per heavy atom. The molecular weight excluding hydrogens is 266 g/mol. The molecule has 1 aromatic carbocycles. The van der Waals surface area contributed by atoms with Gasteiger partial charge in [0.05, 0.1) is 0 Å². The van der Waals surface area contributed by atoms with Crippen molar-refractivity contribution in [1.82, 2.24) is 5.32 Å². The number of rotatable bonds is 10. The third kappa shape index (κ3) is 6.93. The minimum absolute atomic E-state index is 0.242. The standard InChI is InChI=1S/C17H29NO3/c1-13(11-19)6-5-9-18-10-16(20)12-21-17-14(2)7-4-8-15(17)3/h4,7-8,13,16,18-20H,5-6,9-12H2,1-3H3. The fourth-order valence-corrected chi connectivity index (χ4v) is 2.20. The van der Waals surface area contributed by atoms with Crippen molar-refractivity contribution in [2.45, 2.75) is 39.7 Å². The molecule has 0 aliphatic carbocycles. The van der Waals surface area contributed by atoms with Crippen molar-refractivity contribution < 1.29 is 14.9 Å². The summed E-state index contributed by atoms with van der Waals surface area (Å²) in [6.45, 7) is 7.97. The number of aryl methyl sites for hydroxylation is 2. The molecular formula is C17H29NO3. The van der Waals surface area contributed by atoms with Crippen LogP contribution in [-0.2, 0) is 0 Å². The first kappa shape index (κ1) is 18.0. The van der Waals surface area contributed by atoms with Gasteiger partial charge in [-0.15, -0.1) is 0 Å². The summed E-state index contributed by atoms with van der Waals surface area (Å²) in [5.74, 6) is 1.22. The van der Waals surface area contributed by atoms with Crippen LogP contribution < -0.4 is 10.1 Å². The van der Waals surface area contributed by atoms with E-state index in [2.05, 4.69) is 5.32 Å². The van der Waals surface area contributed by atoms with Crippen molar-refractivity contribution in [3.8, 4) is 5.75 Å². The van der Waals surface area contributed by atoms with Crippen molar-refractivity contribution in [1.29, 1.82) is 0 Å². The molecule has 2 unspecified atom stereocenters. The van der Waals surface area contributed by atoms with Crippen LogP contribution in [0, 0.1) is 19.8 Å². The van der Waals surface area contributed by atoms with Gasteiger partial charge in [-0.05, 0) is 50.3 Å². The maximum absolute atomic E-state index is 9.92. The van der Waals surface area contributed by atoms with Gasteiger partial charge in [-0.1, -0.05) is 25.1 Å². The Bertz CT molecular complexity index is 389. The van der Waals surface area contributed by atoms with Gasteiger partial charge in [0.15, 0.2) is 0 Å². The van der Waals surface area contributed by atoms with Crippen LogP contribution in [0.25, 0.3) is 0 Å². The summed E-state index contributed by atoms with van der Waals surface area (Å²) >= 11 is 0. The predicted octanol–water partition coefficient (Wildman–Crippen LogP) is 2.04. The first-order chi connectivity index (χ1) is 10.0. The number of benzene rings is 1. The molecule has 0 aromatic heterocycles. The summed E-state index contributed by atoms with van der Waals surface area (Å²) in [7, 11) is 0. The SMILES string of the molecule is Cc1cccc(C)c1OCC(O)CNCCCC(C)CO. The van der Waals surface area contributed by atoms with Gasteiger partial charge >= 0.3 is 0 Å². The molecule has 4 heteroatoms. The highest BCUT2D eigenvalue weighted by Gasteiger charge is 2.08. The number of aliphatic hydroxyl groups excluding tert-OH is 2. The van der Waals surface area contributed by atoms with E-state index in [1.807, 2.05) is 39.0 Å². The van der Waals surface area contributed by atoms with Crippen LogP contribution in [0.2, 0.25) is 0 Å². The number of hydrogen-bond donors (Lipinski definition) is 3. The highest BCUT2D eigenvalue weighted by molar-refractivity contribution is 5.39. The molecule has 2 atom stereocenters. The minimum atomic E-state index is -0.515. The molecule has 1 rings (SSSR count). The third-order valence-corrected chi connectivity index (χ3v) is 3.57. The van der Waals surface area contributed by atoms with Gasteiger partial charge in [-0.25, -0.2) is 0 Å². The lowest BCUT2D eigenvalue weighted by molar-refractivity contribution is 0.105. The Morgan fingerprint density at radius 1 is 1.24 bits per heavy atom. The molecule has 0 heterocycles. The Morgan fingerprint density at radius 3 is 2.52 bits per heavy atom. The third-order valence-electron chi connectivity index (χ3n) is 3.57. The fourth-order valence-electron chi connectivity index (χ4n) is 2.20. The van der Waals surface area contributed by atoms with E-state index in [0.29, 0.717) is 19.1 Å². The van der Waals surface area contributed by atoms with Gasteiger partial charge in [0.25, 0.3) is 0 Å². The lowest BCUT2D eigenvalue weighted by Crippen LogP contribution is -2.32. The van der Waals surface area contributed by atoms with E-state index < -0.39 is 6.10 Å². The van der Waals surface area contributed by atoms with Gasteiger partial charge in [0.1, 0.15) is 18.5 Å². The van der Waals surface area contributed by atoms with E-state index >= 15 is 0 Å². The minimum Gasteiger partial charge on any atom is -0.490 e. The molecule has 4 nitrogen and oxygen atoms in total. The van der Waals surface area contributed by atoms with E-state index in [4.69, 9.17) is 9.84 Å². The molecule has 0 amide bonds. The zero-order valence-electron chi connectivity index (χ0n) is 13.4. The summed E-state index contributed by atoms with van der Waals surface area (Å²) in [4.78, 5) is 0. The van der Waals surface area contributed by atoms with Crippen LogP contribution in [0.4, 0.5) is 0 Å². The lowest BCUT2D eigenvalue weighted by atomic mass is 10.1. The van der Waals surface area contributed by atoms with Crippen molar-refractivity contribution in [3.05, 3.63) is 29.3 Å². The highest BCUT2D eigenvalue weighted by Crippen LogP contribution is 2.22. The smallest absolute Gasteiger partial charge is 0.125 e. The van der Waals surface area contributed by atoms with Crippen LogP contribution in [0.1, 0.15) is 30.9 Å². The largest absolute Gasteiger partial charge is 0.490 e. The van der Waals surface area contributed by atoms with Crippen molar-refractivity contribution in [3.63, 3.8) is 0 Å². The quantitative estimate of drug-likeness (QED) is 0.578. The fraction of sp³-hybridized carbons (Fsp3) is 0.647. The number of aliphatic hydroxyl groups is 2. The number of ether oxygens (including phenoxy) is 1. The summed E-state index contributed by atoms with van der Waals surface area (Å²) < 4.78 is 5.72. The van der Waals surface area contributed by atoms with Crippen molar-refractivity contribution in [2.75, 3.05) is 26.3 Å². The maximum atomic E-state index is 9.92. The number of para-hydroxylation sites is 1. The highest BCUT2D eigenvalue weighted by atomic mass is 16.5. The average molecular weight is 295 g/mol. The molecule has 0 spiro atoms. The second-order valence-corrected chi connectivity index (χ2v) is 5.82. The summed E-state index contributed by atoms with van der Waals surface area (Å²) in [6, 6.07) is 6.02. The molecule has 0 radical (unpaired) electrons. The van der Waals surface area contributed by atoms with E-state index in [1.165, 1.54) is 0 Å². The van der Waals surface area contributed by atoms with Gasteiger partial charge in [-0.3, -0.25) is 0 Å². The van der Waals surface area contributed by atoms with Crippen molar-refractivity contribution >= 4 is 0 Å². The van der Waals surface area contributed by atoms with E-state index in [9.17, 15) is 5.11 Å². The van der Waals surface area contributed by atoms with Crippen LogP contribution >= 0.6 is 0 Å². The van der Waals surface area contributed by atoms with Crippen LogP contribution in [0.15, 0.2) is 18.2 Å². The summed E-state index contributed by atoms with van der Waals surface area (Å²) in [5, 5.41) is 22.1. The molecule has 1 aromatic rings. The molecule has 3 N–H and O–H groups in total. The van der Waals surface area contributed by atoms with Crippen molar-refractivity contribution in [2.24, 2.45) is 5.92 Å². The molecule has 21 heavy (non-hydrogen) atoms. The summed E-state index contributed by atoms with van der Waals surface area (Å²) in [5.41, 5.74) is 2.18. The number of hydrogen-bond acceptors (Lipinski definition) is 4. The van der Waals surface area contributed by atoms with Gasteiger partial charge in [-0.2, -0.15) is 0 Å². The van der Waals surface area contributed by atoms with Gasteiger partial charge in [0, 0.05) is 13.2 Å². The van der Waals surface area contributed by atoms with Crippen LogP contribution in [0.5, 0.6) is 5.75 Å². The Hall–Kier alpha value is -1.10. The van der Waals surface area contributed by atoms with Gasteiger partial charge < -0.3 is 20.3 Å². The first-order valence-electron chi connectivity index (χ1n) is 7.73. The molecule has 0 bridgehead atoms. The van der Waals surface area contributed by atoms with Crippen LogP contribution in [-0.4, -0.2) is 42.6 Å². The zero-order chi connectivity index (χ0) is 15.7. The molecule has 0 saturated carbocycles. The van der Waals surface area contributed by atoms with E-state index in [0.717, 1.165) is 36.3 Å². The predicted molar refractivity (Wildman–Crippen MR) is 85.8 cm³/mol. The molecule has 120 valence electrons. The van der Waals surface area contributed by atoms with E-state index in [-0.39, 0.29) is 6.61 Å². The Kier molecular flexibility index (Phi) is 8.35. The average Bonchev–Trinajstić information content (AvgIpc) is 2.46. The monoisotopic (exact) mass is 295 g/mol. The topological polar surface area (TPSA) is 61.7 Å². The van der Waals surface area contributed by atoms with E-state index in [1.54, 1.807) is 0 Å². The molecule has 0 fully saturated rings. The zero-order valence-corrected chi connectivity index (χ0v) is 13.4. The summed E-state index contributed by atoms with van der Waals surface area (Å²) in [6.07, 6.45) is 1.49. The normalized spacial score (nSPS) is 14.0. The van der Waals surface area contributed by atoms with Crippen LogP contribution in [0.3, 0.4) is 0 Å². The maximum Gasteiger partial charge on any atom is 0.125 e. The molecule has 0 aliphatic heterocycles. The second-order valence-electron chi connectivity index (χ2n) is 5.82. The molecule has 0 saturated heterocycles.